The summed E-state index contributed by atoms with van der Waals surface area (Å²) in [6.45, 7) is 4.70. The molecule has 1 aliphatic rings. The molecule has 1 fully saturated rings. The Labute approximate surface area is 95.9 Å². The molecule has 0 radical (unpaired) electrons. The molecule has 5 nitrogen and oxygen atoms in total. The molecule has 0 aromatic heterocycles. The summed E-state index contributed by atoms with van der Waals surface area (Å²) in [5.41, 5.74) is -0.187. The van der Waals surface area contributed by atoms with Crippen molar-refractivity contribution in [2.24, 2.45) is 0 Å². The van der Waals surface area contributed by atoms with Gasteiger partial charge in [0.1, 0.15) is 0 Å². The van der Waals surface area contributed by atoms with Crippen LogP contribution in [0.3, 0.4) is 0 Å². The molecule has 16 heavy (non-hydrogen) atoms. The second kappa shape index (κ2) is 5.41. The summed E-state index contributed by atoms with van der Waals surface area (Å²) >= 11 is 0. The fraction of sp³-hybridized carbons (Fsp3) is 0.818. The van der Waals surface area contributed by atoms with E-state index in [2.05, 4.69) is 10.6 Å². The van der Waals surface area contributed by atoms with Crippen LogP contribution in [0, 0.1) is 0 Å². The molecule has 1 atom stereocenters. The predicted molar refractivity (Wildman–Crippen MR) is 59.9 cm³/mol. The van der Waals surface area contributed by atoms with Crippen LogP contribution in [0.1, 0.15) is 33.1 Å². The van der Waals surface area contributed by atoms with Crippen LogP contribution in [-0.2, 0) is 14.3 Å². The fourth-order valence-electron chi connectivity index (χ4n) is 1.54. The predicted octanol–water partition coefficient (Wildman–Crippen LogP) is 0.196. The van der Waals surface area contributed by atoms with E-state index >= 15 is 0 Å². The van der Waals surface area contributed by atoms with Crippen molar-refractivity contribution in [3.8, 4) is 0 Å². The molecule has 5 heteroatoms. The number of amides is 2. The van der Waals surface area contributed by atoms with Crippen molar-refractivity contribution < 1.29 is 14.3 Å². The summed E-state index contributed by atoms with van der Waals surface area (Å²) in [7, 11) is 1.67. The number of carbonyl (C=O) groups excluding carboxylic acids is 2. The van der Waals surface area contributed by atoms with E-state index in [1.807, 2.05) is 13.8 Å². The van der Waals surface area contributed by atoms with Crippen molar-refractivity contribution in [2.75, 3.05) is 13.7 Å². The summed E-state index contributed by atoms with van der Waals surface area (Å²) in [6.07, 6.45) is 1.82. The summed E-state index contributed by atoms with van der Waals surface area (Å²) in [5, 5.41) is 5.46. The lowest BCUT2D eigenvalue weighted by atomic mass is 10.0. The molecule has 0 aliphatic carbocycles. The van der Waals surface area contributed by atoms with Crippen molar-refractivity contribution in [3.05, 3.63) is 0 Å². The van der Waals surface area contributed by atoms with Gasteiger partial charge in [0.15, 0.2) is 0 Å². The number of ether oxygens (including phenoxy) is 1. The van der Waals surface area contributed by atoms with Gasteiger partial charge < -0.3 is 10.1 Å². The zero-order valence-electron chi connectivity index (χ0n) is 10.1. The zero-order valence-corrected chi connectivity index (χ0v) is 10.1. The third-order valence-electron chi connectivity index (χ3n) is 2.91. The van der Waals surface area contributed by atoms with E-state index in [9.17, 15) is 9.59 Å². The summed E-state index contributed by atoms with van der Waals surface area (Å²) in [4.78, 5) is 22.3. The molecule has 0 spiro atoms. The monoisotopic (exact) mass is 228 g/mol. The lowest BCUT2D eigenvalue weighted by Crippen LogP contribution is -2.51. The van der Waals surface area contributed by atoms with Crippen LogP contribution < -0.4 is 10.6 Å². The second-order valence-electron chi connectivity index (χ2n) is 4.67. The summed E-state index contributed by atoms with van der Waals surface area (Å²) < 4.78 is 5.28. The Morgan fingerprint density at radius 1 is 1.50 bits per heavy atom. The van der Waals surface area contributed by atoms with Gasteiger partial charge in [-0.1, -0.05) is 0 Å². The summed E-state index contributed by atoms with van der Waals surface area (Å²) in [5.74, 6) is -0.397. The zero-order chi connectivity index (χ0) is 12.2. The van der Waals surface area contributed by atoms with E-state index < -0.39 is 0 Å². The number of rotatable bonds is 5. The van der Waals surface area contributed by atoms with Gasteiger partial charge in [0, 0.05) is 13.5 Å². The molecule has 1 heterocycles. The Hall–Kier alpha value is -0.940. The van der Waals surface area contributed by atoms with Crippen LogP contribution >= 0.6 is 0 Å². The van der Waals surface area contributed by atoms with Crippen molar-refractivity contribution >= 4 is 11.8 Å². The average molecular weight is 228 g/mol. The number of hydrogen-bond donors (Lipinski definition) is 2. The smallest absolute Gasteiger partial charge is 0.243 e. The van der Waals surface area contributed by atoms with Gasteiger partial charge in [-0.25, -0.2) is 0 Å². The van der Waals surface area contributed by atoms with Crippen molar-refractivity contribution in [2.45, 2.75) is 44.8 Å². The molecule has 2 N–H and O–H groups in total. The van der Waals surface area contributed by atoms with Crippen molar-refractivity contribution in [1.29, 1.82) is 0 Å². The third-order valence-corrected chi connectivity index (χ3v) is 2.91. The topological polar surface area (TPSA) is 67.4 Å². The minimum absolute atomic E-state index is 0.180. The van der Waals surface area contributed by atoms with Crippen LogP contribution in [0.15, 0.2) is 0 Å². The largest absolute Gasteiger partial charge is 0.379 e. The highest BCUT2D eigenvalue weighted by Gasteiger charge is 2.26. The van der Waals surface area contributed by atoms with Crippen LogP contribution in [0.5, 0.6) is 0 Å². The molecule has 0 aromatic rings. The Balaban J connectivity index is 2.28. The van der Waals surface area contributed by atoms with E-state index in [0.29, 0.717) is 19.4 Å². The maximum absolute atomic E-state index is 11.4. The lowest BCUT2D eigenvalue weighted by molar-refractivity contribution is -0.134. The Morgan fingerprint density at radius 3 is 2.75 bits per heavy atom. The third kappa shape index (κ3) is 3.90. The first-order valence-electron chi connectivity index (χ1n) is 5.57. The Kier molecular flexibility index (Phi) is 4.44. The number of nitrogens with one attached hydrogen (secondary N) is 2. The quantitative estimate of drug-likeness (QED) is 0.659. The van der Waals surface area contributed by atoms with Gasteiger partial charge in [-0.2, -0.15) is 0 Å². The fourth-order valence-corrected chi connectivity index (χ4v) is 1.54. The first-order valence-corrected chi connectivity index (χ1v) is 5.57. The maximum atomic E-state index is 11.4. The Morgan fingerprint density at radius 2 is 2.19 bits per heavy atom. The molecule has 1 unspecified atom stereocenters. The van der Waals surface area contributed by atoms with Crippen molar-refractivity contribution in [1.82, 2.24) is 10.6 Å². The van der Waals surface area contributed by atoms with E-state index in [-0.39, 0.29) is 23.5 Å². The van der Waals surface area contributed by atoms with Gasteiger partial charge in [-0.05, 0) is 33.2 Å². The highest BCUT2D eigenvalue weighted by molar-refractivity contribution is 6.00. The molecule has 1 aliphatic heterocycles. The van der Waals surface area contributed by atoms with E-state index in [0.717, 1.165) is 6.42 Å². The van der Waals surface area contributed by atoms with E-state index in [1.165, 1.54) is 0 Å². The van der Waals surface area contributed by atoms with Crippen LogP contribution in [-0.4, -0.2) is 37.1 Å². The molecule has 0 aromatic carbocycles. The van der Waals surface area contributed by atoms with E-state index in [1.54, 1.807) is 7.11 Å². The molecule has 0 bridgehead atoms. The highest BCUT2D eigenvalue weighted by atomic mass is 16.5. The first-order chi connectivity index (χ1) is 7.44. The van der Waals surface area contributed by atoms with Crippen LogP contribution in [0.4, 0.5) is 0 Å². The summed E-state index contributed by atoms with van der Waals surface area (Å²) in [6, 6.07) is -0.245. The number of hydrogen-bond acceptors (Lipinski definition) is 4. The van der Waals surface area contributed by atoms with Gasteiger partial charge in [0.25, 0.3) is 0 Å². The van der Waals surface area contributed by atoms with Gasteiger partial charge in [-0.3, -0.25) is 14.9 Å². The molecule has 1 rings (SSSR count). The molecular formula is C11H20N2O3. The lowest BCUT2D eigenvalue weighted by Gasteiger charge is -2.26. The first kappa shape index (κ1) is 13.1. The molecule has 92 valence electrons. The van der Waals surface area contributed by atoms with Gasteiger partial charge >= 0.3 is 0 Å². The van der Waals surface area contributed by atoms with Crippen LogP contribution in [0.25, 0.3) is 0 Å². The van der Waals surface area contributed by atoms with Gasteiger partial charge in [-0.15, -0.1) is 0 Å². The standard InChI is InChI=1S/C11H20N2O3/c1-11(2,16-3)6-7-12-8-4-5-9(14)13-10(8)15/h8,12H,4-7H2,1-3H3,(H,13,14,15). The maximum Gasteiger partial charge on any atom is 0.243 e. The number of methoxy groups -OCH3 is 1. The molecular weight excluding hydrogens is 208 g/mol. The minimum Gasteiger partial charge on any atom is -0.379 e. The number of piperidine rings is 1. The number of imide groups is 1. The Bertz CT molecular complexity index is 276. The van der Waals surface area contributed by atoms with Gasteiger partial charge in [0.2, 0.25) is 11.8 Å². The molecule has 1 saturated heterocycles. The normalized spacial score (nSPS) is 22.1. The number of carbonyl (C=O) groups is 2. The average Bonchev–Trinajstić information content (AvgIpc) is 2.21. The minimum atomic E-state index is -0.245. The van der Waals surface area contributed by atoms with Crippen LogP contribution in [0.2, 0.25) is 0 Å². The van der Waals surface area contributed by atoms with Crippen molar-refractivity contribution in [3.63, 3.8) is 0 Å². The highest BCUT2D eigenvalue weighted by Crippen LogP contribution is 2.12. The van der Waals surface area contributed by atoms with Gasteiger partial charge in [0.05, 0.1) is 11.6 Å². The van der Waals surface area contributed by atoms with E-state index in [4.69, 9.17) is 4.74 Å². The SMILES string of the molecule is COC(C)(C)CCNC1CCC(=O)NC1=O. The molecule has 2 amide bonds. The second-order valence-corrected chi connectivity index (χ2v) is 4.67. The molecule has 0 saturated carbocycles.